The number of hydrogen-bond donors (Lipinski definition) is 1. The number of aromatic nitrogens is 1. The Kier molecular flexibility index (Phi) is 9.39. The van der Waals surface area contributed by atoms with E-state index in [9.17, 15) is 18.8 Å². The highest BCUT2D eigenvalue weighted by molar-refractivity contribution is 5.98. The van der Waals surface area contributed by atoms with Gasteiger partial charge in [-0.1, -0.05) is 0 Å². The second-order valence-electron chi connectivity index (χ2n) is 7.73. The van der Waals surface area contributed by atoms with Crippen LogP contribution in [0.25, 0.3) is 0 Å². The van der Waals surface area contributed by atoms with Crippen LogP contribution in [0.3, 0.4) is 0 Å². The average Bonchev–Trinajstić information content (AvgIpc) is 2.91. The fourth-order valence-corrected chi connectivity index (χ4v) is 3.28. The van der Waals surface area contributed by atoms with Crippen molar-refractivity contribution < 1.29 is 47.2 Å². The predicted octanol–water partition coefficient (Wildman–Crippen LogP) is 2.03. The lowest BCUT2D eigenvalue weighted by Gasteiger charge is -2.25. The first-order chi connectivity index (χ1) is 17.3. The number of hydrogen-bond acceptors (Lipinski definition) is 10. The molecular formula is C24H27FN2O9. The van der Waals surface area contributed by atoms with E-state index >= 15 is 0 Å². The molecule has 2 aromatic rings. The Labute approximate surface area is 206 Å². The summed E-state index contributed by atoms with van der Waals surface area (Å²) in [5.41, 5.74) is -0.195. The lowest BCUT2D eigenvalue weighted by Crippen LogP contribution is -2.46. The number of carbonyl (C=O) groups is 3. The van der Waals surface area contributed by atoms with Crippen LogP contribution in [0, 0.1) is 5.82 Å². The van der Waals surface area contributed by atoms with Crippen molar-refractivity contribution in [3.63, 3.8) is 0 Å². The zero-order valence-corrected chi connectivity index (χ0v) is 20.0. The topological polar surface area (TPSA) is 132 Å². The van der Waals surface area contributed by atoms with E-state index < -0.39 is 48.7 Å². The standard InChI is InChI=1S/C24H27FN2O9/c1-14-19(36-17-6-4-16(25)5-7-17)9-11-32-12-18(24(30)35-14)27-23(29)21-22(34-13-33-15(2)28)20(31-3)8-10-26-21/h4-8,10,14,18-19H,9,11-13H2,1-3H3,(H,27,29)/t14-,18-,19+/m0/s1. The summed E-state index contributed by atoms with van der Waals surface area (Å²) in [5, 5.41) is 2.54. The molecule has 0 radical (unpaired) electrons. The van der Waals surface area contributed by atoms with Crippen molar-refractivity contribution >= 4 is 17.8 Å². The summed E-state index contributed by atoms with van der Waals surface area (Å²) < 4.78 is 45.5. The fraction of sp³-hybridized carbons (Fsp3) is 0.417. The van der Waals surface area contributed by atoms with Crippen molar-refractivity contribution in [3.05, 3.63) is 48.0 Å². The maximum atomic E-state index is 13.2. The molecule has 0 unspecified atom stereocenters. The molecule has 1 aliphatic heterocycles. The summed E-state index contributed by atoms with van der Waals surface area (Å²) in [5.74, 6) is -1.96. The van der Waals surface area contributed by atoms with Crippen LogP contribution in [0.15, 0.2) is 36.5 Å². The number of halogens is 1. The molecule has 0 bridgehead atoms. The molecule has 36 heavy (non-hydrogen) atoms. The number of carbonyl (C=O) groups excluding carboxylic acids is 3. The molecule has 2 heterocycles. The number of ether oxygens (including phenoxy) is 6. The molecule has 1 N–H and O–H groups in total. The van der Waals surface area contributed by atoms with E-state index in [4.69, 9.17) is 28.4 Å². The molecule has 1 amide bonds. The number of benzene rings is 1. The summed E-state index contributed by atoms with van der Waals surface area (Å²) in [6.45, 7) is 2.44. The number of nitrogens with zero attached hydrogens (tertiary/aromatic N) is 1. The molecule has 1 aromatic heterocycles. The third-order valence-corrected chi connectivity index (χ3v) is 5.12. The van der Waals surface area contributed by atoms with Crippen molar-refractivity contribution in [2.45, 2.75) is 38.5 Å². The maximum absolute atomic E-state index is 13.2. The van der Waals surface area contributed by atoms with Gasteiger partial charge in [0.05, 0.1) is 20.3 Å². The van der Waals surface area contributed by atoms with Gasteiger partial charge >= 0.3 is 11.9 Å². The van der Waals surface area contributed by atoms with E-state index in [-0.39, 0.29) is 30.4 Å². The fourth-order valence-electron chi connectivity index (χ4n) is 3.28. The van der Waals surface area contributed by atoms with Gasteiger partial charge in [0.1, 0.15) is 23.8 Å². The second kappa shape index (κ2) is 12.7. The lowest BCUT2D eigenvalue weighted by atomic mass is 10.1. The van der Waals surface area contributed by atoms with Crippen molar-refractivity contribution in [2.75, 3.05) is 27.1 Å². The minimum Gasteiger partial charge on any atom is -0.493 e. The minimum absolute atomic E-state index is 0.0720. The SMILES string of the molecule is COc1ccnc(C(=O)N[C@H]2COCC[C@@H](Oc3ccc(F)cc3)[C@H](C)OC2=O)c1OCOC(C)=O. The summed E-state index contributed by atoms with van der Waals surface area (Å²) in [6, 6.07) is 5.78. The molecule has 1 aliphatic rings. The zero-order chi connectivity index (χ0) is 26.1. The quantitative estimate of drug-likeness (QED) is 0.419. The molecule has 12 heteroatoms. The molecular weight excluding hydrogens is 479 g/mol. The highest BCUT2D eigenvalue weighted by Gasteiger charge is 2.32. The van der Waals surface area contributed by atoms with E-state index in [0.717, 1.165) is 0 Å². The van der Waals surface area contributed by atoms with Crippen molar-refractivity contribution in [3.8, 4) is 17.2 Å². The van der Waals surface area contributed by atoms with Crippen LogP contribution in [0.2, 0.25) is 0 Å². The van der Waals surface area contributed by atoms with E-state index in [2.05, 4.69) is 10.3 Å². The molecule has 0 saturated carbocycles. The van der Waals surface area contributed by atoms with Gasteiger partial charge in [-0.25, -0.2) is 14.2 Å². The Morgan fingerprint density at radius 3 is 2.67 bits per heavy atom. The van der Waals surface area contributed by atoms with Crippen LogP contribution < -0.4 is 19.5 Å². The number of nitrogens with one attached hydrogen (secondary N) is 1. The molecule has 0 aliphatic carbocycles. The monoisotopic (exact) mass is 506 g/mol. The number of amides is 1. The number of esters is 2. The second-order valence-corrected chi connectivity index (χ2v) is 7.73. The van der Waals surface area contributed by atoms with Gasteiger partial charge in [0.15, 0.2) is 23.2 Å². The first kappa shape index (κ1) is 26.7. The molecule has 194 valence electrons. The third kappa shape index (κ3) is 7.28. The van der Waals surface area contributed by atoms with Crippen LogP contribution in [-0.2, 0) is 23.8 Å². The Balaban J connectivity index is 1.69. The van der Waals surface area contributed by atoms with E-state index in [1.54, 1.807) is 6.92 Å². The number of cyclic esters (lactones) is 1. The van der Waals surface area contributed by atoms with Crippen LogP contribution in [0.4, 0.5) is 4.39 Å². The minimum atomic E-state index is -1.15. The Morgan fingerprint density at radius 1 is 1.22 bits per heavy atom. The Hall–Kier alpha value is -3.93. The van der Waals surface area contributed by atoms with Crippen LogP contribution >= 0.6 is 0 Å². The van der Waals surface area contributed by atoms with E-state index in [0.29, 0.717) is 12.2 Å². The van der Waals surface area contributed by atoms with Gasteiger partial charge in [0.2, 0.25) is 6.79 Å². The van der Waals surface area contributed by atoms with Gasteiger partial charge < -0.3 is 33.7 Å². The summed E-state index contributed by atoms with van der Waals surface area (Å²) in [4.78, 5) is 40.9. The Morgan fingerprint density at radius 2 is 1.97 bits per heavy atom. The first-order valence-electron chi connectivity index (χ1n) is 11.1. The number of rotatable bonds is 8. The molecule has 1 aromatic carbocycles. The highest BCUT2D eigenvalue weighted by atomic mass is 19.1. The largest absolute Gasteiger partial charge is 0.493 e. The molecule has 0 spiro atoms. The van der Waals surface area contributed by atoms with Crippen molar-refractivity contribution in [1.29, 1.82) is 0 Å². The van der Waals surface area contributed by atoms with E-state index in [1.165, 1.54) is 50.6 Å². The van der Waals surface area contributed by atoms with Crippen LogP contribution in [0.1, 0.15) is 30.8 Å². The maximum Gasteiger partial charge on any atom is 0.331 e. The van der Waals surface area contributed by atoms with E-state index in [1.807, 2.05) is 0 Å². The normalized spacial score (nSPS) is 20.1. The summed E-state index contributed by atoms with van der Waals surface area (Å²) in [6.07, 6.45) is 0.457. The van der Waals surface area contributed by atoms with Gasteiger partial charge in [-0.15, -0.1) is 0 Å². The van der Waals surface area contributed by atoms with Crippen LogP contribution in [-0.4, -0.2) is 68.2 Å². The number of methoxy groups -OCH3 is 1. The smallest absolute Gasteiger partial charge is 0.331 e. The Bertz CT molecular complexity index is 1060. The molecule has 3 rings (SSSR count). The average molecular weight is 506 g/mol. The van der Waals surface area contributed by atoms with Crippen molar-refractivity contribution in [2.24, 2.45) is 0 Å². The van der Waals surface area contributed by atoms with Crippen molar-refractivity contribution in [1.82, 2.24) is 10.3 Å². The molecule has 11 nitrogen and oxygen atoms in total. The highest BCUT2D eigenvalue weighted by Crippen LogP contribution is 2.29. The van der Waals surface area contributed by atoms with Gasteiger partial charge in [0.25, 0.3) is 5.91 Å². The zero-order valence-electron chi connectivity index (χ0n) is 20.0. The third-order valence-electron chi connectivity index (χ3n) is 5.12. The van der Waals surface area contributed by atoms with Gasteiger partial charge in [-0.2, -0.15) is 0 Å². The van der Waals surface area contributed by atoms with Gasteiger partial charge in [-0.3, -0.25) is 9.59 Å². The molecule has 1 fully saturated rings. The lowest BCUT2D eigenvalue weighted by molar-refractivity contribution is -0.155. The van der Waals surface area contributed by atoms with Gasteiger partial charge in [-0.05, 0) is 31.2 Å². The predicted molar refractivity (Wildman–Crippen MR) is 121 cm³/mol. The number of pyridine rings is 1. The molecule has 3 atom stereocenters. The first-order valence-corrected chi connectivity index (χ1v) is 11.1. The molecule has 1 saturated heterocycles. The summed E-state index contributed by atoms with van der Waals surface area (Å²) >= 11 is 0. The summed E-state index contributed by atoms with van der Waals surface area (Å²) in [7, 11) is 1.37. The van der Waals surface area contributed by atoms with Gasteiger partial charge in [0, 0.05) is 25.6 Å². The van der Waals surface area contributed by atoms with Crippen LogP contribution in [0.5, 0.6) is 17.2 Å².